The van der Waals surface area contributed by atoms with Crippen molar-refractivity contribution in [3.8, 4) is 5.75 Å². The average Bonchev–Trinajstić information content (AvgIpc) is 3.39. The van der Waals surface area contributed by atoms with Crippen molar-refractivity contribution in [3.63, 3.8) is 0 Å². The zero-order valence-corrected chi connectivity index (χ0v) is 27.3. The predicted molar refractivity (Wildman–Crippen MR) is 168 cm³/mol. The van der Waals surface area contributed by atoms with Gasteiger partial charge in [0, 0.05) is 25.2 Å². The number of nitrogens with one attached hydrogen (secondary N) is 1. The molecule has 9 heteroatoms. The molecule has 0 spiro atoms. The summed E-state index contributed by atoms with van der Waals surface area (Å²) < 4.78 is 5.53. The zero-order valence-electron chi connectivity index (χ0n) is 26.5. The number of carbonyl (C=O) groups excluding carboxylic acids is 1. The van der Waals surface area contributed by atoms with E-state index in [4.69, 9.17) is 4.74 Å². The Morgan fingerprint density at radius 3 is 2.25 bits per heavy atom. The van der Waals surface area contributed by atoms with Crippen LogP contribution in [0.4, 0.5) is 0 Å². The first kappa shape index (κ1) is 37.5. The second kappa shape index (κ2) is 19.5. The Bertz CT molecular complexity index is 933. The smallest absolute Gasteiger partial charge is 0.254 e. The van der Waals surface area contributed by atoms with E-state index < -0.39 is 5.60 Å². The zero-order chi connectivity index (χ0) is 30.9. The lowest BCUT2D eigenvalue weighted by Crippen LogP contribution is -2.37. The number of amides is 1. The van der Waals surface area contributed by atoms with Crippen molar-refractivity contribution >= 4 is 17.7 Å². The van der Waals surface area contributed by atoms with Crippen LogP contribution in [-0.2, 0) is 4.84 Å². The minimum absolute atomic E-state index is 0.00766. The van der Waals surface area contributed by atoms with Gasteiger partial charge in [0.1, 0.15) is 11.4 Å². The van der Waals surface area contributed by atoms with Gasteiger partial charge in [-0.05, 0) is 67.7 Å². The fourth-order valence-corrected chi connectivity index (χ4v) is 4.54. The first-order valence-electron chi connectivity index (χ1n) is 14.1. The Morgan fingerprint density at radius 2 is 1.85 bits per heavy atom. The van der Waals surface area contributed by atoms with Crippen molar-refractivity contribution < 1.29 is 19.5 Å². The van der Waals surface area contributed by atoms with Gasteiger partial charge in [-0.15, -0.1) is 16.7 Å². The summed E-state index contributed by atoms with van der Waals surface area (Å²) in [5.74, 6) is 1.44. The topological polar surface area (TPSA) is 100 Å². The Balaban J connectivity index is 0.00000130. The average molecular weight is 580 g/mol. The highest BCUT2D eigenvalue weighted by Crippen LogP contribution is 2.29. The maximum atomic E-state index is 13.3. The third kappa shape index (κ3) is 14.7. The SMILES string of the molecule is CC(C)(C)ON=O.CCC.COc1cc(C(=O)N(C)C(/C=C(/CO)C[C@@H]2NC=CS2)CC(C)C)ccc1C(C)C. The van der Waals surface area contributed by atoms with E-state index in [1.165, 1.54) is 6.42 Å². The van der Waals surface area contributed by atoms with E-state index in [0.717, 1.165) is 29.7 Å². The molecule has 1 aromatic rings. The number of hydrogen-bond acceptors (Lipinski definition) is 8. The molecule has 1 aliphatic heterocycles. The maximum Gasteiger partial charge on any atom is 0.254 e. The summed E-state index contributed by atoms with van der Waals surface area (Å²) >= 11 is 1.71. The molecule has 1 amide bonds. The highest BCUT2D eigenvalue weighted by molar-refractivity contribution is 8.02. The van der Waals surface area contributed by atoms with Crippen LogP contribution >= 0.6 is 11.8 Å². The molecule has 1 unspecified atom stereocenters. The fraction of sp³-hybridized carbons (Fsp3) is 0.645. The lowest BCUT2D eigenvalue weighted by atomic mass is 9.97. The van der Waals surface area contributed by atoms with Crippen LogP contribution in [0, 0.1) is 10.8 Å². The van der Waals surface area contributed by atoms with Crippen molar-refractivity contribution in [1.29, 1.82) is 0 Å². The molecule has 40 heavy (non-hydrogen) atoms. The molecule has 0 aliphatic carbocycles. The van der Waals surface area contributed by atoms with Crippen LogP contribution in [0.15, 0.2) is 46.8 Å². The number of aliphatic hydroxyl groups excluding tert-OH is 1. The van der Waals surface area contributed by atoms with Crippen molar-refractivity contribution in [1.82, 2.24) is 10.2 Å². The van der Waals surface area contributed by atoms with Crippen LogP contribution in [0.2, 0.25) is 0 Å². The van der Waals surface area contributed by atoms with E-state index >= 15 is 0 Å². The summed E-state index contributed by atoms with van der Waals surface area (Å²) in [6, 6.07) is 5.61. The van der Waals surface area contributed by atoms with Gasteiger partial charge >= 0.3 is 0 Å². The normalized spacial score (nSPS) is 15.3. The van der Waals surface area contributed by atoms with Crippen molar-refractivity contribution in [2.24, 2.45) is 11.3 Å². The Hall–Kier alpha value is -2.52. The number of benzene rings is 1. The number of methoxy groups -OCH3 is 1. The van der Waals surface area contributed by atoms with Crippen molar-refractivity contribution in [2.45, 2.75) is 105 Å². The largest absolute Gasteiger partial charge is 0.496 e. The lowest BCUT2D eigenvalue weighted by Gasteiger charge is -2.29. The Labute approximate surface area is 246 Å². The van der Waals surface area contributed by atoms with Gasteiger partial charge in [-0.3, -0.25) is 4.79 Å². The molecule has 0 aromatic heterocycles. The molecule has 0 bridgehead atoms. The molecule has 2 atom stereocenters. The van der Waals surface area contributed by atoms with Gasteiger partial charge in [-0.25, -0.2) is 0 Å². The number of nitrogens with zero attached hydrogens (tertiary/aromatic N) is 2. The van der Waals surface area contributed by atoms with Crippen molar-refractivity contribution in [2.75, 3.05) is 20.8 Å². The van der Waals surface area contributed by atoms with E-state index in [0.29, 0.717) is 17.4 Å². The van der Waals surface area contributed by atoms with E-state index in [9.17, 15) is 14.8 Å². The second-order valence-electron chi connectivity index (χ2n) is 11.5. The number of ether oxygens (including phenoxy) is 1. The molecule has 2 rings (SSSR count). The molecule has 0 fully saturated rings. The summed E-state index contributed by atoms with van der Waals surface area (Å²) in [6.07, 6.45) is 6.82. The van der Waals surface area contributed by atoms with Crippen LogP contribution in [0.1, 0.15) is 103 Å². The fourth-order valence-electron chi connectivity index (χ4n) is 3.73. The number of aliphatic hydroxyl groups is 1. The molecular weight excluding hydrogens is 526 g/mol. The van der Waals surface area contributed by atoms with Gasteiger partial charge in [0.05, 0.1) is 25.1 Å². The van der Waals surface area contributed by atoms with E-state index in [1.807, 2.05) is 36.9 Å². The highest BCUT2D eigenvalue weighted by atomic mass is 32.2. The summed E-state index contributed by atoms with van der Waals surface area (Å²) in [4.78, 5) is 28.7. The van der Waals surface area contributed by atoms with E-state index in [-0.39, 0.29) is 23.9 Å². The first-order chi connectivity index (χ1) is 18.7. The minimum Gasteiger partial charge on any atom is -0.496 e. The highest BCUT2D eigenvalue weighted by Gasteiger charge is 2.23. The standard InChI is InChI=1S/C24H36N2O3S.C4H9NO2.C3H8/c1-16(2)11-20(12-18(15-27)13-23-25-9-10-30-23)26(5)24(28)19-7-8-21(17(3)4)22(14-19)29-6;1-4(2,3)7-5-6;1-3-2/h7-10,12,14,16-17,20,23,25,27H,11,13,15H2,1-6H3;1-3H3;3H2,1-2H3/b18-12+;;/t20?,23-;;/m1../s1. The van der Waals surface area contributed by atoms with E-state index in [1.54, 1.807) is 44.5 Å². The number of carbonyl (C=O) groups is 1. The predicted octanol–water partition coefficient (Wildman–Crippen LogP) is 7.65. The van der Waals surface area contributed by atoms with Crippen LogP contribution in [-0.4, -0.2) is 53.7 Å². The Kier molecular flexibility index (Phi) is 18.3. The molecule has 8 nitrogen and oxygen atoms in total. The maximum absolute atomic E-state index is 13.3. The summed E-state index contributed by atoms with van der Waals surface area (Å²) in [7, 11) is 3.48. The van der Waals surface area contributed by atoms with Crippen LogP contribution in [0.3, 0.4) is 0 Å². The second-order valence-corrected chi connectivity index (χ2v) is 12.6. The van der Waals surface area contributed by atoms with Crippen LogP contribution in [0.5, 0.6) is 5.75 Å². The monoisotopic (exact) mass is 579 g/mol. The quantitative estimate of drug-likeness (QED) is 0.158. The van der Waals surface area contributed by atoms with Crippen LogP contribution < -0.4 is 10.1 Å². The first-order valence-corrected chi connectivity index (χ1v) is 15.0. The van der Waals surface area contributed by atoms with Gasteiger partial charge < -0.3 is 24.9 Å². The molecule has 0 saturated carbocycles. The number of thioether (sulfide) groups is 1. The van der Waals surface area contributed by atoms with Gasteiger partial charge in [-0.1, -0.05) is 60.1 Å². The van der Waals surface area contributed by atoms with Gasteiger partial charge in [0.15, 0.2) is 5.34 Å². The third-order valence-corrected chi connectivity index (χ3v) is 6.54. The molecule has 0 saturated heterocycles. The summed E-state index contributed by atoms with van der Waals surface area (Å²) in [5.41, 5.74) is 2.22. The molecule has 228 valence electrons. The lowest BCUT2D eigenvalue weighted by molar-refractivity contribution is -0.00230. The number of hydrogen-bond donors (Lipinski definition) is 2. The molecule has 2 N–H and O–H groups in total. The molecule has 1 heterocycles. The van der Waals surface area contributed by atoms with E-state index in [2.05, 4.69) is 63.1 Å². The van der Waals surface area contributed by atoms with Gasteiger partial charge in [-0.2, -0.15) is 0 Å². The minimum atomic E-state index is -0.429. The van der Waals surface area contributed by atoms with Crippen molar-refractivity contribution in [3.05, 3.63) is 57.5 Å². The number of rotatable bonds is 11. The van der Waals surface area contributed by atoms with Crippen LogP contribution in [0.25, 0.3) is 0 Å². The van der Waals surface area contributed by atoms with Gasteiger partial charge in [0.2, 0.25) is 0 Å². The summed E-state index contributed by atoms with van der Waals surface area (Å²) in [5, 5.41) is 17.7. The molecular formula is C31H53N3O5S. The third-order valence-electron chi connectivity index (χ3n) is 5.62. The summed E-state index contributed by atoms with van der Waals surface area (Å²) in [6.45, 7) is 18.0. The van der Waals surface area contributed by atoms with Gasteiger partial charge in [0.25, 0.3) is 5.91 Å². The molecule has 1 aliphatic rings. The molecule has 1 aromatic carbocycles. The Morgan fingerprint density at radius 1 is 1.23 bits per heavy atom. The molecule has 0 radical (unpaired) electrons. The number of likely N-dealkylation sites (N-methyl/N-ethyl adjacent to an activating group) is 1.